The van der Waals surface area contributed by atoms with Crippen molar-refractivity contribution in [2.75, 3.05) is 0 Å². The highest BCUT2D eigenvalue weighted by Gasteiger charge is 2.09. The topological polar surface area (TPSA) is 39.2 Å². The number of carbonyl (C=O) groups is 1. The number of pyridine rings is 1. The van der Waals surface area contributed by atoms with Gasteiger partial charge in [-0.2, -0.15) is 0 Å². The van der Waals surface area contributed by atoms with Crippen molar-refractivity contribution in [3.05, 3.63) is 71.1 Å². The van der Waals surface area contributed by atoms with Crippen LogP contribution in [0.1, 0.15) is 9.67 Å². The first-order valence-corrected chi connectivity index (χ1v) is 6.98. The maximum absolute atomic E-state index is 11.8. The summed E-state index contributed by atoms with van der Waals surface area (Å²) in [6.45, 7) is 0. The minimum atomic E-state index is -0.328. The molecule has 0 atom stereocenters. The summed E-state index contributed by atoms with van der Waals surface area (Å²) in [6.07, 6.45) is 1.75. The lowest BCUT2D eigenvalue weighted by atomic mass is 10.1. The van der Waals surface area contributed by atoms with Gasteiger partial charge in [0.15, 0.2) is 0 Å². The number of ether oxygens (including phenoxy) is 1. The zero-order chi connectivity index (χ0) is 13.8. The lowest BCUT2D eigenvalue weighted by molar-refractivity contribution is 0.0740. The summed E-state index contributed by atoms with van der Waals surface area (Å²) in [5, 5.41) is 1.85. The van der Waals surface area contributed by atoms with Gasteiger partial charge in [-0.3, -0.25) is 4.98 Å². The number of thiophene rings is 1. The van der Waals surface area contributed by atoms with E-state index >= 15 is 0 Å². The molecular formula is C16H11NO2S. The van der Waals surface area contributed by atoms with Crippen LogP contribution in [0.4, 0.5) is 0 Å². The van der Waals surface area contributed by atoms with E-state index in [4.69, 9.17) is 4.74 Å². The van der Waals surface area contributed by atoms with E-state index in [1.54, 1.807) is 24.4 Å². The standard InChI is InChI=1S/C16H11NO2S/c18-16(15-5-3-11-20-15)19-13-8-6-12(7-9-13)14-4-1-2-10-17-14/h1-11H. The summed E-state index contributed by atoms with van der Waals surface area (Å²) >= 11 is 1.37. The van der Waals surface area contributed by atoms with Crippen molar-refractivity contribution < 1.29 is 9.53 Å². The molecule has 2 aromatic heterocycles. The van der Waals surface area contributed by atoms with Crippen molar-refractivity contribution in [3.8, 4) is 17.0 Å². The minimum absolute atomic E-state index is 0.328. The summed E-state index contributed by atoms with van der Waals surface area (Å²) in [5.41, 5.74) is 1.88. The highest BCUT2D eigenvalue weighted by Crippen LogP contribution is 2.21. The van der Waals surface area contributed by atoms with Crippen LogP contribution in [0.2, 0.25) is 0 Å². The van der Waals surface area contributed by atoms with Gasteiger partial charge in [-0.1, -0.05) is 12.1 Å². The van der Waals surface area contributed by atoms with E-state index < -0.39 is 0 Å². The molecule has 3 rings (SSSR count). The van der Waals surface area contributed by atoms with Crippen molar-refractivity contribution in [1.29, 1.82) is 0 Å². The first-order valence-electron chi connectivity index (χ1n) is 6.10. The second-order valence-corrected chi connectivity index (χ2v) is 5.05. The van der Waals surface area contributed by atoms with Crippen LogP contribution < -0.4 is 4.74 Å². The third kappa shape index (κ3) is 2.75. The fourth-order valence-electron chi connectivity index (χ4n) is 1.78. The van der Waals surface area contributed by atoms with Gasteiger partial charge in [0.05, 0.1) is 5.69 Å². The Labute approximate surface area is 120 Å². The summed E-state index contributed by atoms with van der Waals surface area (Å²) in [4.78, 5) is 16.7. The predicted octanol–water partition coefficient (Wildman–Crippen LogP) is 4.03. The molecule has 1 aromatic carbocycles. The molecule has 0 unspecified atom stereocenters. The molecule has 0 fully saturated rings. The van der Waals surface area contributed by atoms with Crippen molar-refractivity contribution in [3.63, 3.8) is 0 Å². The van der Waals surface area contributed by atoms with Gasteiger partial charge in [-0.05, 0) is 47.8 Å². The average molecular weight is 281 g/mol. The largest absolute Gasteiger partial charge is 0.422 e. The number of hydrogen-bond donors (Lipinski definition) is 0. The van der Waals surface area contributed by atoms with Crippen LogP contribution in [0.3, 0.4) is 0 Å². The monoisotopic (exact) mass is 281 g/mol. The fourth-order valence-corrected chi connectivity index (χ4v) is 2.38. The van der Waals surface area contributed by atoms with Gasteiger partial charge in [-0.25, -0.2) is 4.79 Å². The second kappa shape index (κ2) is 5.67. The van der Waals surface area contributed by atoms with Gasteiger partial charge in [0.1, 0.15) is 10.6 Å². The number of esters is 1. The van der Waals surface area contributed by atoms with E-state index in [9.17, 15) is 4.79 Å². The highest BCUT2D eigenvalue weighted by molar-refractivity contribution is 7.12. The second-order valence-electron chi connectivity index (χ2n) is 4.11. The first-order chi connectivity index (χ1) is 9.83. The molecule has 98 valence electrons. The molecule has 0 aliphatic heterocycles. The molecule has 2 heterocycles. The number of carbonyl (C=O) groups excluding carboxylic acids is 1. The summed E-state index contributed by atoms with van der Waals surface area (Å²) in [7, 11) is 0. The first kappa shape index (κ1) is 12.6. The van der Waals surface area contributed by atoms with Gasteiger partial charge in [-0.15, -0.1) is 11.3 Å². The number of benzene rings is 1. The minimum Gasteiger partial charge on any atom is -0.422 e. The summed E-state index contributed by atoms with van der Waals surface area (Å²) < 4.78 is 5.30. The fraction of sp³-hybridized carbons (Fsp3) is 0. The lowest BCUT2D eigenvalue weighted by Gasteiger charge is -2.04. The maximum Gasteiger partial charge on any atom is 0.353 e. The third-order valence-corrected chi connectivity index (χ3v) is 3.60. The van der Waals surface area contributed by atoms with E-state index in [1.807, 2.05) is 41.8 Å². The Morgan fingerprint density at radius 2 is 1.85 bits per heavy atom. The molecule has 0 amide bonds. The van der Waals surface area contributed by atoms with Crippen LogP contribution in [0.15, 0.2) is 66.2 Å². The van der Waals surface area contributed by atoms with E-state index in [-0.39, 0.29) is 5.97 Å². The van der Waals surface area contributed by atoms with E-state index in [1.165, 1.54) is 11.3 Å². The summed E-state index contributed by atoms with van der Waals surface area (Å²) in [6, 6.07) is 16.6. The molecular weight excluding hydrogens is 270 g/mol. The third-order valence-electron chi connectivity index (χ3n) is 2.75. The molecule has 0 aliphatic rings. The molecule has 0 saturated carbocycles. The van der Waals surface area contributed by atoms with Crippen LogP contribution >= 0.6 is 11.3 Å². The zero-order valence-corrected chi connectivity index (χ0v) is 11.3. The molecule has 20 heavy (non-hydrogen) atoms. The van der Waals surface area contributed by atoms with Crippen LogP contribution in [0, 0.1) is 0 Å². The molecule has 3 aromatic rings. The molecule has 0 N–H and O–H groups in total. The van der Waals surface area contributed by atoms with Crippen molar-refractivity contribution in [2.24, 2.45) is 0 Å². The number of hydrogen-bond acceptors (Lipinski definition) is 4. The molecule has 0 radical (unpaired) electrons. The quantitative estimate of drug-likeness (QED) is 0.537. The highest BCUT2D eigenvalue weighted by atomic mass is 32.1. The Morgan fingerprint density at radius 1 is 1.00 bits per heavy atom. The Kier molecular flexibility index (Phi) is 3.56. The Bertz CT molecular complexity index is 691. The maximum atomic E-state index is 11.8. The SMILES string of the molecule is O=C(Oc1ccc(-c2ccccn2)cc1)c1cccs1. The van der Waals surface area contributed by atoms with E-state index in [0.29, 0.717) is 10.6 Å². The average Bonchev–Trinajstić information content (AvgIpc) is 3.03. The van der Waals surface area contributed by atoms with Gasteiger partial charge < -0.3 is 4.74 Å². The van der Waals surface area contributed by atoms with Crippen molar-refractivity contribution in [1.82, 2.24) is 4.98 Å². The van der Waals surface area contributed by atoms with Crippen LogP contribution in [0.25, 0.3) is 11.3 Å². The van der Waals surface area contributed by atoms with Crippen molar-refractivity contribution >= 4 is 17.3 Å². The normalized spacial score (nSPS) is 10.2. The van der Waals surface area contributed by atoms with Gasteiger partial charge in [0.25, 0.3) is 0 Å². The van der Waals surface area contributed by atoms with Gasteiger partial charge in [0.2, 0.25) is 0 Å². The van der Waals surface area contributed by atoms with Gasteiger partial charge >= 0.3 is 5.97 Å². The van der Waals surface area contributed by atoms with E-state index in [0.717, 1.165) is 11.3 Å². The molecule has 3 nitrogen and oxygen atoms in total. The molecule has 0 bridgehead atoms. The number of nitrogens with zero attached hydrogens (tertiary/aromatic N) is 1. The predicted molar refractivity (Wildman–Crippen MR) is 79.0 cm³/mol. The van der Waals surface area contributed by atoms with Crippen LogP contribution in [-0.4, -0.2) is 11.0 Å². The molecule has 0 spiro atoms. The smallest absolute Gasteiger partial charge is 0.353 e. The molecule has 0 saturated heterocycles. The molecule has 0 aliphatic carbocycles. The van der Waals surface area contributed by atoms with Gasteiger partial charge in [0, 0.05) is 11.8 Å². The number of rotatable bonds is 3. The summed E-state index contributed by atoms with van der Waals surface area (Å²) in [5.74, 6) is 0.202. The van der Waals surface area contributed by atoms with E-state index in [2.05, 4.69) is 4.98 Å². The number of aromatic nitrogens is 1. The Hall–Kier alpha value is -2.46. The Morgan fingerprint density at radius 3 is 2.50 bits per heavy atom. The van der Waals surface area contributed by atoms with Crippen molar-refractivity contribution in [2.45, 2.75) is 0 Å². The zero-order valence-electron chi connectivity index (χ0n) is 10.5. The molecule has 4 heteroatoms. The Balaban J connectivity index is 1.75. The van der Waals surface area contributed by atoms with Crippen LogP contribution in [0.5, 0.6) is 5.75 Å². The van der Waals surface area contributed by atoms with Crippen LogP contribution in [-0.2, 0) is 0 Å². The lowest BCUT2D eigenvalue weighted by Crippen LogP contribution is -2.05.